The molecule has 0 heterocycles. The molecule has 0 radical (unpaired) electrons. The Kier molecular flexibility index (Phi) is 12.4. The highest BCUT2D eigenvalue weighted by atomic mass is 32.2. The molecular formula is C24H25F9O6S2. The normalized spacial score (nSPS) is 12.8. The molecule has 2 aromatic carbocycles. The van der Waals surface area contributed by atoms with Crippen LogP contribution in [0.2, 0.25) is 0 Å². The van der Waals surface area contributed by atoms with Gasteiger partial charge in [-0.3, -0.25) is 9.35 Å². The van der Waals surface area contributed by atoms with E-state index < -0.39 is 33.4 Å². The van der Waals surface area contributed by atoms with Crippen LogP contribution in [0.4, 0.5) is 39.5 Å². The van der Waals surface area contributed by atoms with E-state index in [0.717, 1.165) is 12.2 Å². The lowest BCUT2D eigenvalue weighted by atomic mass is 10.0. The summed E-state index contributed by atoms with van der Waals surface area (Å²) in [5.41, 5.74) is 2.48. The minimum Gasteiger partial charge on any atom is -0.497 e. The Morgan fingerprint density at radius 1 is 0.854 bits per heavy atom. The number of ketones is 1. The van der Waals surface area contributed by atoms with Crippen molar-refractivity contribution < 1.29 is 66.8 Å². The van der Waals surface area contributed by atoms with Gasteiger partial charge < -0.3 is 9.47 Å². The number of alkyl halides is 9. The largest absolute Gasteiger partial charge is 0.497 e. The summed E-state index contributed by atoms with van der Waals surface area (Å²) in [6.07, 6.45) is -4.89. The van der Waals surface area contributed by atoms with Crippen molar-refractivity contribution in [2.75, 3.05) is 25.7 Å². The first-order chi connectivity index (χ1) is 18.7. The number of hydrogen-bond donors (Lipinski definition) is 1. The van der Waals surface area contributed by atoms with Crippen LogP contribution in [0.25, 0.3) is 0 Å². The van der Waals surface area contributed by atoms with Gasteiger partial charge in [0.25, 0.3) is 0 Å². The predicted molar refractivity (Wildman–Crippen MR) is 133 cm³/mol. The first-order valence-corrected chi connectivity index (χ1v) is 13.9. The molecule has 2 rings (SSSR count). The lowest BCUT2D eigenvalue weighted by Crippen LogP contribution is -2.63. The molecule has 0 saturated heterocycles. The number of thioether (sulfide) groups is 1. The second-order valence-corrected chi connectivity index (χ2v) is 10.8. The van der Waals surface area contributed by atoms with E-state index in [9.17, 15) is 52.7 Å². The third-order valence-corrected chi connectivity index (χ3v) is 7.29. The third-order valence-electron chi connectivity index (χ3n) is 5.19. The van der Waals surface area contributed by atoms with Crippen LogP contribution in [0.3, 0.4) is 0 Å². The minimum absolute atomic E-state index is 0.0404. The molecule has 0 unspecified atom stereocenters. The van der Waals surface area contributed by atoms with Gasteiger partial charge in [0.05, 0.1) is 19.8 Å². The summed E-state index contributed by atoms with van der Waals surface area (Å²) in [4.78, 5) is 12.7. The Morgan fingerprint density at radius 2 is 1.41 bits per heavy atom. The van der Waals surface area contributed by atoms with E-state index in [0.29, 0.717) is 22.6 Å². The minimum atomic E-state index is -7.37. The summed E-state index contributed by atoms with van der Waals surface area (Å²) in [6.45, 7) is 2.20. The van der Waals surface area contributed by atoms with E-state index in [1.54, 1.807) is 32.4 Å². The molecule has 0 atom stereocenters. The fourth-order valence-corrected chi connectivity index (χ4v) is 4.25. The van der Waals surface area contributed by atoms with Crippen LogP contribution in [0.5, 0.6) is 11.5 Å². The Balaban J connectivity index is 0.000000438. The number of methoxy groups -OCH3 is 2. The van der Waals surface area contributed by atoms with Crippen molar-refractivity contribution in [2.45, 2.75) is 43.0 Å². The first kappa shape index (κ1) is 36.4. The number of halogens is 9. The predicted octanol–water partition coefficient (Wildman–Crippen LogP) is 6.92. The van der Waals surface area contributed by atoms with Gasteiger partial charge in [-0.15, -0.1) is 0 Å². The topological polar surface area (TPSA) is 89.9 Å². The lowest BCUT2D eigenvalue weighted by molar-refractivity contribution is -0.382. The van der Waals surface area contributed by atoms with Gasteiger partial charge in [-0.1, -0.05) is 31.2 Å². The van der Waals surface area contributed by atoms with E-state index >= 15 is 0 Å². The van der Waals surface area contributed by atoms with E-state index in [1.165, 1.54) is 17.7 Å². The molecule has 0 spiro atoms. The molecule has 232 valence electrons. The Labute approximate surface area is 234 Å². The molecule has 1 N–H and O–H groups in total. The van der Waals surface area contributed by atoms with Crippen molar-refractivity contribution >= 4 is 27.7 Å². The average Bonchev–Trinajstić information content (AvgIpc) is 2.89. The second kappa shape index (κ2) is 14.0. The van der Waals surface area contributed by atoms with Crippen molar-refractivity contribution in [3.05, 3.63) is 59.2 Å². The summed E-state index contributed by atoms with van der Waals surface area (Å²) in [5.74, 6) is -11.2. The molecule has 17 heteroatoms. The summed E-state index contributed by atoms with van der Waals surface area (Å²) < 4.78 is 144. The number of benzene rings is 2. The molecular weight excluding hydrogens is 619 g/mol. The van der Waals surface area contributed by atoms with Crippen molar-refractivity contribution in [1.82, 2.24) is 0 Å². The number of carbonyl (C=O) groups is 1. The van der Waals surface area contributed by atoms with Gasteiger partial charge in [0.15, 0.2) is 5.78 Å². The van der Waals surface area contributed by atoms with Gasteiger partial charge in [-0.2, -0.15) is 59.7 Å². The van der Waals surface area contributed by atoms with E-state index in [2.05, 4.69) is 6.92 Å². The summed E-state index contributed by atoms with van der Waals surface area (Å²) in [5, 5.41) is -7.00. The number of ether oxygens (including phenoxy) is 2. The van der Waals surface area contributed by atoms with Crippen LogP contribution in [0.15, 0.2) is 42.5 Å². The number of hydrogen-bond acceptors (Lipinski definition) is 6. The SMILES string of the molecule is CCCSCCc1ccc(C(=O)c2ccc(OC)cc2OC)cc1.O=S(=O)(O)C(F)(F)C(F)(F)C(F)(F)C(F)(F)F. The zero-order valence-corrected chi connectivity index (χ0v) is 23.2. The van der Waals surface area contributed by atoms with Gasteiger partial charge in [0.1, 0.15) is 11.5 Å². The summed E-state index contributed by atoms with van der Waals surface area (Å²) in [6, 6.07) is 13.1. The first-order valence-electron chi connectivity index (χ1n) is 11.3. The van der Waals surface area contributed by atoms with Crippen molar-refractivity contribution in [3.63, 3.8) is 0 Å². The zero-order chi connectivity index (χ0) is 31.9. The fourth-order valence-electron chi connectivity index (χ4n) is 2.92. The Bertz CT molecular complexity index is 1270. The number of rotatable bonds is 12. The van der Waals surface area contributed by atoms with E-state index in [-0.39, 0.29) is 5.78 Å². The standard InChI is InChI=1S/C20H24O3S.C4HF9O3S/c1-4-12-24-13-11-15-5-7-16(8-6-15)20(21)18-10-9-17(22-2)14-19(18)23-3;5-1(6,3(9,10)11)2(7,8)4(12,13)17(14,15)16/h5-10,14H,4,11-13H2,1-3H3;(H,14,15,16). The fraction of sp³-hybridized carbons (Fsp3) is 0.458. The van der Waals surface area contributed by atoms with Gasteiger partial charge in [-0.05, 0) is 42.0 Å². The van der Waals surface area contributed by atoms with Crippen molar-refractivity contribution in [1.29, 1.82) is 0 Å². The van der Waals surface area contributed by atoms with Crippen LogP contribution >= 0.6 is 11.8 Å². The smallest absolute Gasteiger partial charge is 0.460 e. The quantitative estimate of drug-likeness (QED) is 0.116. The Morgan fingerprint density at radius 3 is 1.85 bits per heavy atom. The van der Waals surface area contributed by atoms with Crippen LogP contribution < -0.4 is 9.47 Å². The highest BCUT2D eigenvalue weighted by Gasteiger charge is 2.85. The molecule has 0 fully saturated rings. The third kappa shape index (κ3) is 8.44. The molecule has 41 heavy (non-hydrogen) atoms. The van der Waals surface area contributed by atoms with Crippen LogP contribution in [-0.2, 0) is 16.5 Å². The molecule has 6 nitrogen and oxygen atoms in total. The summed E-state index contributed by atoms with van der Waals surface area (Å²) >= 11 is 1.97. The maximum Gasteiger partial charge on any atom is 0.460 e. The van der Waals surface area contributed by atoms with Gasteiger partial charge in [0.2, 0.25) is 0 Å². The second-order valence-electron chi connectivity index (χ2n) is 8.09. The molecule has 0 aliphatic carbocycles. The average molecular weight is 645 g/mol. The van der Waals surface area contributed by atoms with E-state index in [1.807, 2.05) is 36.0 Å². The summed E-state index contributed by atoms with van der Waals surface area (Å²) in [7, 11) is -4.02. The highest BCUT2D eigenvalue weighted by Crippen LogP contribution is 2.54. The van der Waals surface area contributed by atoms with E-state index in [4.69, 9.17) is 14.0 Å². The molecule has 0 aromatic heterocycles. The number of aryl methyl sites for hydroxylation is 1. The Hall–Kier alpha value is -2.66. The molecule has 0 aliphatic rings. The molecule has 0 saturated carbocycles. The maximum absolute atomic E-state index is 12.7. The monoisotopic (exact) mass is 644 g/mol. The molecule has 2 aromatic rings. The van der Waals surface area contributed by atoms with Gasteiger partial charge >= 0.3 is 33.4 Å². The number of carbonyl (C=O) groups excluding carboxylic acids is 1. The zero-order valence-electron chi connectivity index (χ0n) is 21.6. The van der Waals surface area contributed by atoms with Crippen LogP contribution in [0, 0.1) is 0 Å². The maximum atomic E-state index is 12.7. The highest BCUT2D eigenvalue weighted by molar-refractivity contribution is 7.99. The van der Waals surface area contributed by atoms with Crippen molar-refractivity contribution in [2.24, 2.45) is 0 Å². The van der Waals surface area contributed by atoms with Crippen molar-refractivity contribution in [3.8, 4) is 11.5 Å². The van der Waals surface area contributed by atoms with Crippen LogP contribution in [-0.4, -0.2) is 67.8 Å². The molecule has 0 amide bonds. The molecule has 0 aliphatic heterocycles. The van der Waals surface area contributed by atoms with Gasteiger partial charge in [0, 0.05) is 11.6 Å². The van der Waals surface area contributed by atoms with Crippen LogP contribution in [0.1, 0.15) is 34.8 Å². The lowest BCUT2D eigenvalue weighted by Gasteiger charge is -2.31. The molecule has 0 bridgehead atoms. The van der Waals surface area contributed by atoms with Gasteiger partial charge in [-0.25, -0.2) is 0 Å².